The molecule has 24 heavy (non-hydrogen) atoms. The molecule has 0 aliphatic heterocycles. The van der Waals surface area contributed by atoms with Crippen LogP contribution in [0.25, 0.3) is 11.0 Å². The molecular weight excluding hydrogens is 330 g/mol. The molecule has 3 N–H and O–H groups in total. The third-order valence-corrected chi connectivity index (χ3v) is 3.87. The number of halogens is 1. The van der Waals surface area contributed by atoms with Crippen LogP contribution < -0.4 is 10.5 Å². The highest BCUT2D eigenvalue weighted by molar-refractivity contribution is 6.32. The van der Waals surface area contributed by atoms with Gasteiger partial charge in [0.05, 0.1) is 16.1 Å². The van der Waals surface area contributed by atoms with Gasteiger partial charge in [-0.2, -0.15) is 0 Å². The molecule has 0 aliphatic rings. The summed E-state index contributed by atoms with van der Waals surface area (Å²) in [6, 6.07) is 13.0. The number of aliphatic hydroxyl groups excluding tert-OH is 1. The fraction of sp³-hybridized carbons (Fsp3) is 0.176. The lowest BCUT2D eigenvalue weighted by Gasteiger charge is -2.10. The highest BCUT2D eigenvalue weighted by atomic mass is 35.5. The number of benzene rings is 2. The number of ether oxygens (including phenoxy) is 1. The van der Waals surface area contributed by atoms with Crippen molar-refractivity contribution in [2.75, 3.05) is 0 Å². The first-order valence-corrected chi connectivity index (χ1v) is 7.71. The number of fused-ring (bicyclic) bond motifs is 1. The second-order valence-corrected chi connectivity index (χ2v) is 5.69. The minimum atomic E-state index is -0.522. The molecule has 2 aromatic carbocycles. The van der Waals surface area contributed by atoms with Gasteiger partial charge in [-0.25, -0.2) is 4.98 Å². The standard InChI is InChI=1S/C17H16ClN3O3/c18-12-6-13-14(21(8-16(19)23)17(9-22)20-13)7-15(12)24-10-11-4-2-1-3-5-11/h1-7,22H,8-10H2,(H2,19,23). The number of aliphatic hydroxyl groups is 1. The van der Waals surface area contributed by atoms with Crippen molar-refractivity contribution in [1.29, 1.82) is 0 Å². The Hall–Kier alpha value is -2.57. The van der Waals surface area contributed by atoms with Crippen LogP contribution in [-0.4, -0.2) is 20.6 Å². The van der Waals surface area contributed by atoms with Crippen LogP contribution in [0.1, 0.15) is 11.4 Å². The van der Waals surface area contributed by atoms with Crippen LogP contribution in [0.4, 0.5) is 0 Å². The molecule has 124 valence electrons. The SMILES string of the molecule is NC(=O)Cn1c(CO)nc2cc(Cl)c(OCc3ccccc3)cc21. The van der Waals surface area contributed by atoms with Gasteiger partial charge in [-0.05, 0) is 11.6 Å². The van der Waals surface area contributed by atoms with Crippen LogP contribution in [0, 0.1) is 0 Å². The van der Waals surface area contributed by atoms with E-state index in [1.165, 1.54) is 0 Å². The Morgan fingerprint density at radius 1 is 1.29 bits per heavy atom. The Labute approximate surface area is 143 Å². The summed E-state index contributed by atoms with van der Waals surface area (Å²) in [7, 11) is 0. The van der Waals surface area contributed by atoms with Crippen molar-refractivity contribution in [2.24, 2.45) is 5.73 Å². The van der Waals surface area contributed by atoms with Crippen LogP contribution in [0.5, 0.6) is 5.75 Å². The average Bonchev–Trinajstić information content (AvgIpc) is 2.89. The van der Waals surface area contributed by atoms with Gasteiger partial charge in [0, 0.05) is 6.07 Å². The predicted octanol–water partition coefficient (Wildman–Crippen LogP) is 2.25. The molecule has 1 heterocycles. The minimum absolute atomic E-state index is 0.0772. The van der Waals surface area contributed by atoms with Gasteiger partial charge in [0.2, 0.25) is 5.91 Å². The zero-order valence-corrected chi connectivity index (χ0v) is 13.5. The number of aromatic nitrogens is 2. The smallest absolute Gasteiger partial charge is 0.237 e. The van der Waals surface area contributed by atoms with Crippen LogP contribution in [-0.2, 0) is 24.6 Å². The van der Waals surface area contributed by atoms with Gasteiger partial charge in [0.25, 0.3) is 0 Å². The van der Waals surface area contributed by atoms with E-state index in [1.54, 1.807) is 16.7 Å². The number of carbonyl (C=O) groups excluding carboxylic acids is 1. The molecule has 0 saturated heterocycles. The second-order valence-electron chi connectivity index (χ2n) is 5.28. The summed E-state index contributed by atoms with van der Waals surface area (Å²) in [6.07, 6.45) is 0. The topological polar surface area (TPSA) is 90.4 Å². The van der Waals surface area contributed by atoms with Gasteiger partial charge in [-0.1, -0.05) is 41.9 Å². The monoisotopic (exact) mass is 345 g/mol. The van der Waals surface area contributed by atoms with Crippen molar-refractivity contribution >= 4 is 28.5 Å². The van der Waals surface area contributed by atoms with E-state index in [4.69, 9.17) is 22.1 Å². The van der Waals surface area contributed by atoms with Crippen molar-refractivity contribution in [3.8, 4) is 5.75 Å². The molecule has 0 aliphatic carbocycles. The highest BCUT2D eigenvalue weighted by Crippen LogP contribution is 2.31. The van der Waals surface area contributed by atoms with E-state index >= 15 is 0 Å². The molecule has 0 bridgehead atoms. The van der Waals surface area contributed by atoms with Gasteiger partial charge in [-0.3, -0.25) is 4.79 Å². The molecule has 7 heteroatoms. The number of amides is 1. The first-order valence-electron chi connectivity index (χ1n) is 7.33. The third kappa shape index (κ3) is 3.34. The number of imidazole rings is 1. The molecule has 3 aromatic rings. The minimum Gasteiger partial charge on any atom is -0.487 e. The summed E-state index contributed by atoms with van der Waals surface area (Å²) in [6.45, 7) is -0.0190. The van der Waals surface area contributed by atoms with E-state index in [2.05, 4.69) is 4.98 Å². The molecule has 6 nitrogen and oxygen atoms in total. The number of nitrogens with two attached hydrogens (primary N) is 1. The molecule has 0 atom stereocenters. The highest BCUT2D eigenvalue weighted by Gasteiger charge is 2.15. The number of nitrogens with zero attached hydrogens (tertiary/aromatic N) is 2. The van der Waals surface area contributed by atoms with E-state index in [0.29, 0.717) is 34.2 Å². The molecule has 3 rings (SSSR count). The van der Waals surface area contributed by atoms with Crippen LogP contribution in [0.15, 0.2) is 42.5 Å². The predicted molar refractivity (Wildman–Crippen MR) is 90.6 cm³/mol. The Bertz CT molecular complexity index is 878. The maximum atomic E-state index is 11.3. The Morgan fingerprint density at radius 3 is 2.71 bits per heavy atom. The molecule has 0 radical (unpaired) electrons. The van der Waals surface area contributed by atoms with Gasteiger partial charge >= 0.3 is 0 Å². The first-order chi connectivity index (χ1) is 11.6. The van der Waals surface area contributed by atoms with Gasteiger partial charge in [0.15, 0.2) is 0 Å². The lowest BCUT2D eigenvalue weighted by Crippen LogP contribution is -2.20. The van der Waals surface area contributed by atoms with E-state index in [9.17, 15) is 9.90 Å². The average molecular weight is 346 g/mol. The molecule has 0 fully saturated rings. The molecule has 0 spiro atoms. The van der Waals surface area contributed by atoms with Crippen LogP contribution in [0.2, 0.25) is 5.02 Å². The third-order valence-electron chi connectivity index (χ3n) is 3.57. The lowest BCUT2D eigenvalue weighted by atomic mass is 10.2. The van der Waals surface area contributed by atoms with Gasteiger partial charge in [0.1, 0.15) is 31.3 Å². The second kappa shape index (κ2) is 6.90. The maximum Gasteiger partial charge on any atom is 0.237 e. The van der Waals surface area contributed by atoms with Gasteiger partial charge in [-0.15, -0.1) is 0 Å². The molecule has 1 aromatic heterocycles. The number of primary amides is 1. The van der Waals surface area contributed by atoms with E-state index in [0.717, 1.165) is 5.56 Å². The molecule has 1 amide bonds. The summed E-state index contributed by atoms with van der Waals surface area (Å²) in [4.78, 5) is 15.5. The fourth-order valence-electron chi connectivity index (χ4n) is 2.48. The summed E-state index contributed by atoms with van der Waals surface area (Å²) in [5.41, 5.74) is 7.48. The Balaban J connectivity index is 1.96. The van der Waals surface area contributed by atoms with Crippen molar-refractivity contribution in [3.05, 3.63) is 58.9 Å². The van der Waals surface area contributed by atoms with Gasteiger partial charge < -0.3 is 20.1 Å². The largest absolute Gasteiger partial charge is 0.487 e. The van der Waals surface area contributed by atoms with E-state index < -0.39 is 5.91 Å². The number of hydrogen-bond donors (Lipinski definition) is 2. The molecule has 0 saturated carbocycles. The fourth-order valence-corrected chi connectivity index (χ4v) is 2.69. The van der Waals surface area contributed by atoms with Crippen molar-refractivity contribution in [1.82, 2.24) is 9.55 Å². The quantitative estimate of drug-likeness (QED) is 0.717. The Kier molecular flexibility index (Phi) is 4.69. The van der Waals surface area contributed by atoms with Crippen molar-refractivity contribution < 1.29 is 14.6 Å². The van der Waals surface area contributed by atoms with Crippen molar-refractivity contribution in [2.45, 2.75) is 19.8 Å². The first kappa shape index (κ1) is 16.3. The van der Waals surface area contributed by atoms with Crippen LogP contribution >= 0.6 is 11.6 Å². The summed E-state index contributed by atoms with van der Waals surface area (Å²) < 4.78 is 7.34. The number of rotatable bonds is 6. The molecule has 0 unspecified atom stereocenters. The van der Waals surface area contributed by atoms with Crippen LogP contribution in [0.3, 0.4) is 0 Å². The summed E-state index contributed by atoms with van der Waals surface area (Å²) in [5, 5.41) is 9.83. The zero-order chi connectivity index (χ0) is 17.1. The maximum absolute atomic E-state index is 11.3. The summed E-state index contributed by atoms with van der Waals surface area (Å²) in [5.74, 6) is 0.300. The normalized spacial score (nSPS) is 10.9. The van der Waals surface area contributed by atoms with E-state index in [-0.39, 0.29) is 13.2 Å². The van der Waals surface area contributed by atoms with Crippen molar-refractivity contribution in [3.63, 3.8) is 0 Å². The molecular formula is C17H16ClN3O3. The summed E-state index contributed by atoms with van der Waals surface area (Å²) >= 11 is 6.25. The number of hydrogen-bond acceptors (Lipinski definition) is 4. The zero-order valence-electron chi connectivity index (χ0n) is 12.8. The Morgan fingerprint density at radius 2 is 2.04 bits per heavy atom. The number of carbonyl (C=O) groups is 1. The van der Waals surface area contributed by atoms with E-state index in [1.807, 2.05) is 30.3 Å². The lowest BCUT2D eigenvalue weighted by molar-refractivity contribution is -0.118.